The van der Waals surface area contributed by atoms with Gasteiger partial charge in [-0.1, -0.05) is 23.9 Å². The van der Waals surface area contributed by atoms with Gasteiger partial charge in [0.1, 0.15) is 17.5 Å². The summed E-state index contributed by atoms with van der Waals surface area (Å²) in [5.41, 5.74) is 5.41. The predicted molar refractivity (Wildman–Crippen MR) is 119 cm³/mol. The van der Waals surface area contributed by atoms with E-state index in [4.69, 9.17) is 10.5 Å². The highest BCUT2D eigenvalue weighted by Gasteiger charge is 2.37. The van der Waals surface area contributed by atoms with Gasteiger partial charge in [-0.25, -0.2) is 13.8 Å². The molecule has 2 unspecified atom stereocenters. The Kier molecular flexibility index (Phi) is 5.55. The van der Waals surface area contributed by atoms with Crippen molar-refractivity contribution in [2.45, 2.75) is 50.9 Å². The number of hydrogen-bond donors (Lipinski definition) is 3. The molecule has 0 aliphatic carbocycles. The van der Waals surface area contributed by atoms with Crippen LogP contribution in [0.2, 0.25) is 0 Å². The van der Waals surface area contributed by atoms with E-state index in [1.807, 2.05) is 19.9 Å². The van der Waals surface area contributed by atoms with Gasteiger partial charge in [0, 0.05) is 10.5 Å². The number of thioether (sulfide) groups is 1. The van der Waals surface area contributed by atoms with Crippen LogP contribution in [0.1, 0.15) is 50.1 Å². The van der Waals surface area contributed by atoms with E-state index >= 15 is 0 Å². The lowest BCUT2D eigenvalue weighted by atomic mass is 9.96. The maximum Gasteiger partial charge on any atom is 0.227 e. The summed E-state index contributed by atoms with van der Waals surface area (Å²) in [7, 11) is 0. The molecule has 9 heteroatoms. The second kappa shape index (κ2) is 7.83. The van der Waals surface area contributed by atoms with Gasteiger partial charge >= 0.3 is 0 Å². The zero-order valence-corrected chi connectivity index (χ0v) is 19.0. The molecule has 2 aliphatic heterocycles. The molecule has 0 saturated heterocycles. The monoisotopic (exact) mass is 461 g/mol. The summed E-state index contributed by atoms with van der Waals surface area (Å²) in [5.74, 6) is -2.55. The third-order valence-corrected chi connectivity index (χ3v) is 6.98. The van der Waals surface area contributed by atoms with E-state index < -0.39 is 40.0 Å². The van der Waals surface area contributed by atoms with Gasteiger partial charge in [0.15, 0.2) is 0 Å². The molecule has 4 rings (SSSR count). The van der Waals surface area contributed by atoms with E-state index in [-0.39, 0.29) is 16.0 Å². The predicted octanol–water partition coefficient (Wildman–Crippen LogP) is 3.98. The van der Waals surface area contributed by atoms with Gasteiger partial charge in [-0.2, -0.15) is 0 Å². The minimum absolute atomic E-state index is 0.119. The number of nitrogens with one attached hydrogen (secondary N) is 1. The fraction of sp³-hybridized carbons (Fsp3) is 0.391. The van der Waals surface area contributed by atoms with Crippen LogP contribution in [0.3, 0.4) is 0 Å². The van der Waals surface area contributed by atoms with Crippen LogP contribution >= 0.6 is 11.8 Å². The van der Waals surface area contributed by atoms with E-state index in [2.05, 4.69) is 10.3 Å². The van der Waals surface area contributed by atoms with Crippen molar-refractivity contribution in [1.82, 2.24) is 4.98 Å². The minimum Gasteiger partial charge on any atom is -0.386 e. The van der Waals surface area contributed by atoms with Gasteiger partial charge in [-0.05, 0) is 51.5 Å². The quantitative estimate of drug-likeness (QED) is 0.623. The lowest BCUT2D eigenvalue weighted by Crippen LogP contribution is -2.33. The number of amides is 1. The number of hydrogen-bond acceptors (Lipinski definition) is 6. The van der Waals surface area contributed by atoms with Crippen molar-refractivity contribution in [2.24, 2.45) is 11.7 Å². The Bertz CT molecular complexity index is 1100. The summed E-state index contributed by atoms with van der Waals surface area (Å²) in [4.78, 5) is 16.9. The molecule has 2 aliphatic rings. The number of carbonyl (C=O) groups is 1. The first-order chi connectivity index (χ1) is 14.9. The highest BCUT2D eigenvalue weighted by atomic mass is 32.2. The second-order valence-corrected chi connectivity index (χ2v) is 10.2. The highest BCUT2D eigenvalue weighted by molar-refractivity contribution is 8.09. The molecule has 2 aromatic rings. The van der Waals surface area contributed by atoms with Crippen molar-refractivity contribution in [2.75, 3.05) is 5.32 Å². The topological polar surface area (TPSA) is 97.5 Å². The van der Waals surface area contributed by atoms with Crippen LogP contribution < -0.4 is 11.1 Å². The Morgan fingerprint density at radius 2 is 1.97 bits per heavy atom. The zero-order chi connectivity index (χ0) is 23.4. The molecular weight excluding hydrogens is 436 g/mol. The number of halogens is 2. The standard InChI is InChI=1S/C23H25F2N3O3S/c1-22(2,30)11-7-14(24)19(15(25)8-11)17-9-12(20(26)29)21(32-17)28-18-6-5-13-16(27-18)10-31-23(13,3)4/h5-9,12,21,30H,10H2,1-4H3,(H2,26,29)(H,27,28). The number of ether oxygens (including phenoxy) is 1. The molecule has 0 bridgehead atoms. The smallest absolute Gasteiger partial charge is 0.227 e. The van der Waals surface area contributed by atoms with Gasteiger partial charge in [-0.15, -0.1) is 0 Å². The molecule has 0 radical (unpaired) electrons. The molecule has 2 atom stereocenters. The van der Waals surface area contributed by atoms with Crippen molar-refractivity contribution in [1.29, 1.82) is 0 Å². The first kappa shape index (κ1) is 22.7. The third-order valence-electron chi connectivity index (χ3n) is 5.72. The average molecular weight is 462 g/mol. The summed E-state index contributed by atoms with van der Waals surface area (Å²) in [5, 5.41) is 12.6. The number of aromatic nitrogens is 1. The first-order valence-corrected chi connectivity index (χ1v) is 11.1. The molecule has 32 heavy (non-hydrogen) atoms. The normalized spacial score (nSPS) is 21.9. The molecule has 0 saturated carbocycles. The van der Waals surface area contributed by atoms with Gasteiger partial charge in [0.25, 0.3) is 0 Å². The Balaban J connectivity index is 1.61. The molecular formula is C23H25F2N3O3S. The summed E-state index contributed by atoms with van der Waals surface area (Å²) >= 11 is 1.11. The van der Waals surface area contributed by atoms with Crippen LogP contribution in [0.5, 0.6) is 0 Å². The lowest BCUT2D eigenvalue weighted by Gasteiger charge is -2.21. The largest absolute Gasteiger partial charge is 0.386 e. The minimum atomic E-state index is -1.39. The Morgan fingerprint density at radius 3 is 2.56 bits per heavy atom. The van der Waals surface area contributed by atoms with Crippen molar-refractivity contribution in [3.63, 3.8) is 0 Å². The van der Waals surface area contributed by atoms with Crippen LogP contribution in [0.25, 0.3) is 4.91 Å². The number of pyridine rings is 1. The first-order valence-electron chi connectivity index (χ1n) is 10.2. The number of nitrogens with two attached hydrogens (primary N) is 1. The fourth-order valence-corrected chi connectivity index (χ4v) is 5.22. The molecule has 4 N–H and O–H groups in total. The number of nitrogens with zero attached hydrogens (tertiary/aromatic N) is 1. The summed E-state index contributed by atoms with van der Waals surface area (Å²) < 4.78 is 35.4. The number of primary amides is 1. The second-order valence-electron chi connectivity index (χ2n) is 9.01. The number of anilines is 1. The number of aliphatic hydroxyl groups is 1. The molecule has 6 nitrogen and oxygen atoms in total. The summed E-state index contributed by atoms with van der Waals surface area (Å²) in [6.07, 6.45) is 1.47. The van der Waals surface area contributed by atoms with Crippen LogP contribution in [0, 0.1) is 17.6 Å². The molecule has 1 aromatic heterocycles. The number of carbonyl (C=O) groups excluding carboxylic acids is 1. The Hall–Kier alpha value is -2.49. The molecule has 170 valence electrons. The highest BCUT2D eigenvalue weighted by Crippen LogP contribution is 2.45. The Morgan fingerprint density at radius 1 is 1.31 bits per heavy atom. The summed E-state index contributed by atoms with van der Waals surface area (Å²) in [6, 6.07) is 5.90. The number of benzene rings is 1. The van der Waals surface area contributed by atoms with Crippen LogP contribution in [-0.2, 0) is 27.3 Å². The third kappa shape index (κ3) is 4.12. The zero-order valence-electron chi connectivity index (χ0n) is 18.2. The van der Waals surface area contributed by atoms with Crippen molar-refractivity contribution in [3.8, 4) is 0 Å². The van der Waals surface area contributed by atoms with Crippen LogP contribution in [0.15, 0.2) is 30.3 Å². The Labute approximate surface area is 189 Å². The lowest BCUT2D eigenvalue weighted by molar-refractivity contribution is -0.120. The maximum absolute atomic E-state index is 14.8. The SMILES string of the molecule is CC(C)(O)c1cc(F)c(C2=CC(C(N)=O)C(Nc3ccc4c(n3)COC4(C)C)S2)c(F)c1. The van der Waals surface area contributed by atoms with E-state index in [1.165, 1.54) is 19.9 Å². The molecule has 1 aromatic carbocycles. The fourth-order valence-electron chi connectivity index (χ4n) is 3.87. The van der Waals surface area contributed by atoms with Gasteiger partial charge in [0.05, 0.1) is 40.4 Å². The van der Waals surface area contributed by atoms with Crippen molar-refractivity contribution >= 4 is 28.4 Å². The molecule has 3 heterocycles. The van der Waals surface area contributed by atoms with E-state index in [0.29, 0.717) is 12.4 Å². The average Bonchev–Trinajstić information content (AvgIpc) is 3.21. The van der Waals surface area contributed by atoms with E-state index in [9.17, 15) is 18.7 Å². The number of rotatable bonds is 5. The molecule has 0 fully saturated rings. The van der Waals surface area contributed by atoms with E-state index in [0.717, 1.165) is 35.2 Å². The van der Waals surface area contributed by atoms with E-state index in [1.54, 1.807) is 6.07 Å². The van der Waals surface area contributed by atoms with Crippen molar-refractivity contribution < 1.29 is 23.4 Å². The van der Waals surface area contributed by atoms with Gasteiger partial charge in [0.2, 0.25) is 5.91 Å². The van der Waals surface area contributed by atoms with Gasteiger partial charge < -0.3 is 20.9 Å². The van der Waals surface area contributed by atoms with Crippen molar-refractivity contribution in [3.05, 3.63) is 64.4 Å². The summed E-state index contributed by atoms with van der Waals surface area (Å²) in [6.45, 7) is 7.20. The van der Waals surface area contributed by atoms with Crippen LogP contribution in [-0.4, -0.2) is 21.4 Å². The molecule has 0 spiro atoms. The maximum atomic E-state index is 14.8. The van der Waals surface area contributed by atoms with Gasteiger partial charge in [-0.3, -0.25) is 4.79 Å². The number of fused-ring (bicyclic) bond motifs is 1. The molecule has 1 amide bonds. The van der Waals surface area contributed by atoms with Crippen LogP contribution in [0.4, 0.5) is 14.6 Å².